The fraction of sp³-hybridized carbons (Fsp3) is 0.0909. The number of carbonyl (C=O) groups is 1. The van der Waals surface area contributed by atoms with Crippen molar-refractivity contribution in [3.8, 4) is 0 Å². The fourth-order valence-electron chi connectivity index (χ4n) is 1.31. The molecule has 0 saturated heterocycles. The van der Waals surface area contributed by atoms with E-state index in [0.717, 1.165) is 5.02 Å². The molecule has 2 aromatic rings. The molecule has 0 radical (unpaired) electrons. The molecule has 0 aliphatic rings. The first-order valence-corrected chi connectivity index (χ1v) is 5.15. The maximum absolute atomic E-state index is 9.27. The quantitative estimate of drug-likeness (QED) is 0.475. The van der Waals surface area contributed by atoms with Crippen LogP contribution in [0.4, 0.5) is 0 Å². The summed E-state index contributed by atoms with van der Waals surface area (Å²) in [4.78, 5) is 12.2. The maximum Gasteiger partial charge on any atom is 0.236 e. The van der Waals surface area contributed by atoms with Crippen LogP contribution in [0.25, 0.3) is 10.9 Å². The van der Waals surface area contributed by atoms with Crippen LogP contribution in [0, 0.1) is 0 Å². The summed E-state index contributed by atoms with van der Waals surface area (Å²) in [6.07, 6.45) is 2.32. The summed E-state index contributed by atoms with van der Waals surface area (Å²) in [5.41, 5.74) is 10.6. The van der Waals surface area contributed by atoms with E-state index in [0.29, 0.717) is 0 Å². The van der Waals surface area contributed by atoms with Gasteiger partial charge in [0.2, 0.25) is 6.41 Å². The molecule has 1 aromatic heterocycles. The van der Waals surface area contributed by atoms with Crippen molar-refractivity contribution in [3.63, 3.8) is 0 Å². The van der Waals surface area contributed by atoms with Gasteiger partial charge in [-0.3, -0.25) is 4.79 Å². The third kappa shape index (κ3) is 4.65. The Morgan fingerprint density at radius 1 is 1.39 bits per heavy atom. The van der Waals surface area contributed by atoms with Crippen LogP contribution in [0.1, 0.15) is 0 Å². The highest BCUT2D eigenvalue weighted by Crippen LogP contribution is 2.19. The lowest BCUT2D eigenvalue weighted by molar-refractivity contribution is -0.106. The van der Waals surface area contributed by atoms with Crippen LogP contribution in [-0.4, -0.2) is 16.9 Å². The van der Waals surface area contributed by atoms with Gasteiger partial charge >= 0.3 is 0 Å². The molecule has 5 nitrogen and oxygen atoms in total. The van der Waals surface area contributed by atoms with E-state index in [4.69, 9.17) is 23.1 Å². The number of nitrogens with two attached hydrogens (primary N) is 2. The molecule has 0 bridgehead atoms. The van der Waals surface area contributed by atoms with Gasteiger partial charge in [-0.2, -0.15) is 4.99 Å². The average Bonchev–Trinajstić information content (AvgIpc) is 2.60. The molecule has 0 spiro atoms. The van der Waals surface area contributed by atoms with E-state index in [1.807, 2.05) is 31.4 Å². The van der Waals surface area contributed by atoms with E-state index in [1.54, 1.807) is 0 Å². The first-order valence-electron chi connectivity index (χ1n) is 4.77. The number of amides is 1. The number of benzene rings is 1. The summed E-state index contributed by atoms with van der Waals surface area (Å²) >= 11 is 5.82. The van der Waals surface area contributed by atoms with Gasteiger partial charge in [0, 0.05) is 29.2 Å². The zero-order valence-electron chi connectivity index (χ0n) is 9.71. The Kier molecular flexibility index (Phi) is 6.85. The van der Waals surface area contributed by atoms with Crippen LogP contribution in [0.3, 0.4) is 0 Å². The molecule has 4 N–H and O–H groups in total. The van der Waals surface area contributed by atoms with Gasteiger partial charge in [0.1, 0.15) is 0 Å². The summed E-state index contributed by atoms with van der Waals surface area (Å²) < 4.78 is 2.08. The number of hydrogen-bond acceptors (Lipinski definition) is 1. The minimum atomic E-state index is -0.204. The molecule has 7 heteroatoms. The molecule has 1 heterocycles. The predicted octanol–water partition coefficient (Wildman–Crippen LogP) is 1.67. The van der Waals surface area contributed by atoms with Crippen molar-refractivity contribution in [2.75, 3.05) is 0 Å². The van der Waals surface area contributed by atoms with E-state index in [9.17, 15) is 4.79 Å². The molecular formula is C11H14Cl2N4O. The van der Waals surface area contributed by atoms with Crippen molar-refractivity contribution in [2.24, 2.45) is 23.5 Å². The van der Waals surface area contributed by atoms with Crippen molar-refractivity contribution < 1.29 is 4.79 Å². The van der Waals surface area contributed by atoms with Gasteiger partial charge in [-0.1, -0.05) is 11.6 Å². The number of aryl methyl sites for hydroxylation is 1. The van der Waals surface area contributed by atoms with Gasteiger partial charge in [-0.25, -0.2) is 0 Å². The van der Waals surface area contributed by atoms with E-state index < -0.39 is 0 Å². The minimum absolute atomic E-state index is 0. The summed E-state index contributed by atoms with van der Waals surface area (Å²) in [7, 11) is 2.02. The van der Waals surface area contributed by atoms with E-state index >= 15 is 0 Å². The van der Waals surface area contributed by atoms with Crippen LogP contribution in [-0.2, 0) is 11.8 Å². The Balaban J connectivity index is 0.000000362. The highest BCUT2D eigenvalue weighted by atomic mass is 35.5. The predicted molar refractivity (Wildman–Crippen MR) is 77.1 cm³/mol. The fourth-order valence-corrected chi connectivity index (χ4v) is 1.49. The van der Waals surface area contributed by atoms with Crippen molar-refractivity contribution in [1.29, 1.82) is 0 Å². The van der Waals surface area contributed by atoms with Gasteiger partial charge in [0.15, 0.2) is 5.96 Å². The van der Waals surface area contributed by atoms with E-state index in [2.05, 4.69) is 15.6 Å². The van der Waals surface area contributed by atoms with Crippen LogP contribution in [0.5, 0.6) is 0 Å². The van der Waals surface area contributed by atoms with Gasteiger partial charge in [-0.15, -0.1) is 12.4 Å². The standard InChI is InChI=1S/C9H8ClN.C2H5N3O.ClH/c1-11-5-4-7-6-8(10)2-3-9(7)11;3-2(4)5-1-6;/h2-6H,1H3;1H,(H4,3,4,5,6);1H. The average molecular weight is 289 g/mol. The number of rotatable bonds is 1. The molecule has 18 heavy (non-hydrogen) atoms. The summed E-state index contributed by atoms with van der Waals surface area (Å²) in [6.45, 7) is 0. The number of nitrogens with zero attached hydrogens (tertiary/aromatic N) is 2. The van der Waals surface area contributed by atoms with Gasteiger partial charge in [0.25, 0.3) is 0 Å². The van der Waals surface area contributed by atoms with Gasteiger partial charge in [-0.05, 0) is 24.3 Å². The monoisotopic (exact) mass is 288 g/mol. The third-order valence-corrected chi connectivity index (χ3v) is 2.28. The van der Waals surface area contributed by atoms with E-state index in [1.165, 1.54) is 10.9 Å². The van der Waals surface area contributed by atoms with Crippen molar-refractivity contribution in [3.05, 3.63) is 35.5 Å². The number of guanidine groups is 1. The highest BCUT2D eigenvalue weighted by molar-refractivity contribution is 6.31. The first-order chi connectivity index (χ1) is 8.04. The number of aromatic nitrogens is 1. The Morgan fingerprint density at radius 3 is 2.56 bits per heavy atom. The van der Waals surface area contributed by atoms with Crippen molar-refractivity contribution in [2.45, 2.75) is 0 Å². The molecule has 2 rings (SSSR count). The molecule has 0 atom stereocenters. The van der Waals surface area contributed by atoms with Crippen molar-refractivity contribution in [1.82, 2.24) is 4.57 Å². The van der Waals surface area contributed by atoms with Gasteiger partial charge < -0.3 is 16.0 Å². The molecule has 0 unspecified atom stereocenters. The van der Waals surface area contributed by atoms with E-state index in [-0.39, 0.29) is 24.8 Å². The van der Waals surface area contributed by atoms with Crippen LogP contribution >= 0.6 is 24.0 Å². The van der Waals surface area contributed by atoms with Gasteiger partial charge in [0.05, 0.1) is 0 Å². The second kappa shape index (κ2) is 7.58. The Labute approximate surface area is 116 Å². The number of fused-ring (bicyclic) bond motifs is 1. The molecule has 0 aliphatic heterocycles. The molecule has 1 aromatic carbocycles. The molecule has 0 saturated carbocycles. The number of hydrogen-bond donors (Lipinski definition) is 2. The zero-order chi connectivity index (χ0) is 12.8. The molecule has 0 fully saturated rings. The lowest BCUT2D eigenvalue weighted by Gasteiger charge is -1.94. The molecule has 98 valence electrons. The third-order valence-electron chi connectivity index (χ3n) is 2.05. The Morgan fingerprint density at radius 2 is 2.06 bits per heavy atom. The second-order valence-corrected chi connectivity index (χ2v) is 3.73. The Bertz CT molecular complexity index is 547. The zero-order valence-corrected chi connectivity index (χ0v) is 11.3. The van der Waals surface area contributed by atoms with Crippen LogP contribution in [0.15, 0.2) is 35.5 Å². The molecular weight excluding hydrogens is 275 g/mol. The number of halogens is 2. The summed E-state index contributed by atoms with van der Waals surface area (Å²) in [5.74, 6) is -0.204. The largest absolute Gasteiger partial charge is 0.370 e. The molecule has 0 aliphatic carbocycles. The minimum Gasteiger partial charge on any atom is -0.370 e. The number of aliphatic imine (C=N–C) groups is 1. The van der Waals surface area contributed by atoms with Crippen LogP contribution < -0.4 is 11.5 Å². The highest BCUT2D eigenvalue weighted by Gasteiger charge is 1.96. The first kappa shape index (κ1) is 16.3. The summed E-state index contributed by atoms with van der Waals surface area (Å²) in [5, 5.41) is 1.99. The maximum atomic E-state index is 9.27. The van der Waals surface area contributed by atoms with Crippen molar-refractivity contribution >= 4 is 47.3 Å². The lowest BCUT2D eigenvalue weighted by Crippen LogP contribution is -2.22. The topological polar surface area (TPSA) is 86.4 Å². The lowest BCUT2D eigenvalue weighted by atomic mass is 10.2. The Hall–Kier alpha value is -1.72. The number of carbonyl (C=O) groups excluding carboxylic acids is 1. The summed E-state index contributed by atoms with van der Waals surface area (Å²) in [6, 6.07) is 7.96. The second-order valence-electron chi connectivity index (χ2n) is 3.29. The van der Waals surface area contributed by atoms with Crippen LogP contribution in [0.2, 0.25) is 5.02 Å². The normalized spacial score (nSPS) is 8.78. The molecule has 1 amide bonds. The smallest absolute Gasteiger partial charge is 0.236 e. The SMILES string of the molecule is Cl.Cn1ccc2cc(Cl)ccc21.NC(N)=NC=O.